The van der Waals surface area contributed by atoms with Crippen molar-refractivity contribution in [2.75, 3.05) is 11.9 Å². The molecule has 0 amide bonds. The molecule has 0 saturated carbocycles. The van der Waals surface area contributed by atoms with Crippen LogP contribution in [0.25, 0.3) is 11.4 Å². The second kappa shape index (κ2) is 7.61. The SMILES string of the molecule is CCOc1nc(Nc2cccc(C(F)(F)F)c2)nc(-c2cccc(C)c2)n1. The van der Waals surface area contributed by atoms with Gasteiger partial charge in [0.15, 0.2) is 5.82 Å². The molecule has 5 nitrogen and oxygen atoms in total. The number of benzene rings is 2. The van der Waals surface area contributed by atoms with E-state index in [1.807, 2.05) is 31.2 Å². The number of ether oxygens (including phenoxy) is 1. The highest BCUT2D eigenvalue weighted by molar-refractivity contribution is 5.60. The minimum absolute atomic E-state index is 0.0958. The van der Waals surface area contributed by atoms with E-state index in [-0.39, 0.29) is 17.6 Å². The van der Waals surface area contributed by atoms with Crippen molar-refractivity contribution >= 4 is 11.6 Å². The molecule has 0 radical (unpaired) electrons. The summed E-state index contributed by atoms with van der Waals surface area (Å²) in [6, 6.07) is 12.5. The first-order valence-corrected chi connectivity index (χ1v) is 8.25. The number of halogens is 3. The Morgan fingerprint density at radius 2 is 1.78 bits per heavy atom. The Kier molecular flexibility index (Phi) is 5.25. The summed E-state index contributed by atoms with van der Waals surface area (Å²) in [5.74, 6) is 0.468. The molecular weight excluding hydrogens is 357 g/mol. The third-order valence-corrected chi connectivity index (χ3v) is 3.61. The Morgan fingerprint density at radius 1 is 1.00 bits per heavy atom. The van der Waals surface area contributed by atoms with Crippen LogP contribution in [0.5, 0.6) is 6.01 Å². The predicted molar refractivity (Wildman–Crippen MR) is 95.9 cm³/mol. The lowest BCUT2D eigenvalue weighted by Gasteiger charge is -2.11. The third kappa shape index (κ3) is 4.72. The van der Waals surface area contributed by atoms with Gasteiger partial charge in [-0.1, -0.05) is 29.8 Å². The Hall–Kier alpha value is -3.16. The molecule has 3 rings (SSSR count). The number of nitrogens with zero attached hydrogens (tertiary/aromatic N) is 3. The molecule has 0 atom stereocenters. The molecule has 1 N–H and O–H groups in total. The fourth-order valence-electron chi connectivity index (χ4n) is 2.42. The molecule has 0 saturated heterocycles. The molecule has 1 heterocycles. The summed E-state index contributed by atoms with van der Waals surface area (Å²) in [5, 5.41) is 2.80. The molecule has 0 aliphatic rings. The molecule has 0 aliphatic heterocycles. The average Bonchev–Trinajstić information content (AvgIpc) is 2.61. The number of hydrogen-bond donors (Lipinski definition) is 1. The van der Waals surface area contributed by atoms with Gasteiger partial charge >= 0.3 is 12.2 Å². The van der Waals surface area contributed by atoms with Gasteiger partial charge in [0.1, 0.15) is 0 Å². The second-order valence-electron chi connectivity index (χ2n) is 5.77. The van der Waals surface area contributed by atoms with Crippen molar-refractivity contribution in [2.24, 2.45) is 0 Å². The van der Waals surface area contributed by atoms with Crippen LogP contribution < -0.4 is 10.1 Å². The molecule has 2 aromatic carbocycles. The van der Waals surface area contributed by atoms with Gasteiger partial charge in [-0.05, 0) is 38.1 Å². The summed E-state index contributed by atoms with van der Waals surface area (Å²) in [6.45, 7) is 4.08. The van der Waals surface area contributed by atoms with Crippen LogP contribution in [-0.4, -0.2) is 21.6 Å². The lowest BCUT2D eigenvalue weighted by Crippen LogP contribution is -2.07. The second-order valence-corrected chi connectivity index (χ2v) is 5.77. The standard InChI is InChI=1S/C19H17F3N4O/c1-3-27-18-25-16(13-7-4-6-12(2)10-13)24-17(26-18)23-15-9-5-8-14(11-15)19(20,21)22/h4-11H,3H2,1-2H3,(H,23,24,25,26). The van der Waals surface area contributed by atoms with E-state index < -0.39 is 11.7 Å². The molecule has 0 aliphatic carbocycles. The Labute approximate surface area is 154 Å². The first kappa shape index (κ1) is 18.6. The number of aromatic nitrogens is 3. The number of rotatable bonds is 5. The lowest BCUT2D eigenvalue weighted by molar-refractivity contribution is -0.137. The van der Waals surface area contributed by atoms with Gasteiger partial charge in [-0.2, -0.15) is 28.1 Å². The van der Waals surface area contributed by atoms with E-state index in [4.69, 9.17) is 4.74 Å². The van der Waals surface area contributed by atoms with Gasteiger partial charge in [-0.25, -0.2) is 0 Å². The number of alkyl halides is 3. The maximum absolute atomic E-state index is 12.9. The average molecular weight is 374 g/mol. The molecule has 0 bridgehead atoms. The summed E-state index contributed by atoms with van der Waals surface area (Å²) < 4.78 is 44.1. The van der Waals surface area contributed by atoms with E-state index >= 15 is 0 Å². The lowest BCUT2D eigenvalue weighted by atomic mass is 10.1. The molecule has 0 spiro atoms. The molecule has 140 valence electrons. The van der Waals surface area contributed by atoms with Gasteiger partial charge in [0, 0.05) is 11.3 Å². The van der Waals surface area contributed by atoms with Gasteiger partial charge in [0.2, 0.25) is 5.95 Å². The quantitative estimate of drug-likeness (QED) is 0.680. The highest BCUT2D eigenvalue weighted by Crippen LogP contribution is 2.31. The molecule has 27 heavy (non-hydrogen) atoms. The van der Waals surface area contributed by atoms with E-state index in [1.165, 1.54) is 12.1 Å². The first-order valence-electron chi connectivity index (χ1n) is 8.25. The fraction of sp³-hybridized carbons (Fsp3) is 0.211. The van der Waals surface area contributed by atoms with Gasteiger partial charge < -0.3 is 10.1 Å². The van der Waals surface area contributed by atoms with Crippen LogP contribution in [0.3, 0.4) is 0 Å². The summed E-state index contributed by atoms with van der Waals surface area (Å²) in [5.41, 5.74) is 1.24. The van der Waals surface area contributed by atoms with E-state index in [1.54, 1.807) is 6.92 Å². The maximum Gasteiger partial charge on any atom is 0.416 e. The fourth-order valence-corrected chi connectivity index (χ4v) is 2.42. The first-order chi connectivity index (χ1) is 12.8. The van der Waals surface area contributed by atoms with Crippen molar-refractivity contribution in [3.63, 3.8) is 0 Å². The zero-order valence-electron chi connectivity index (χ0n) is 14.7. The Bertz CT molecular complexity index is 944. The van der Waals surface area contributed by atoms with Crippen molar-refractivity contribution < 1.29 is 17.9 Å². The summed E-state index contributed by atoms with van der Waals surface area (Å²) >= 11 is 0. The third-order valence-electron chi connectivity index (χ3n) is 3.61. The van der Waals surface area contributed by atoms with Crippen LogP contribution in [0.15, 0.2) is 48.5 Å². The largest absolute Gasteiger partial charge is 0.464 e. The Morgan fingerprint density at radius 3 is 2.48 bits per heavy atom. The van der Waals surface area contributed by atoms with Gasteiger partial charge in [0.25, 0.3) is 0 Å². The van der Waals surface area contributed by atoms with Crippen molar-refractivity contribution in [1.29, 1.82) is 0 Å². The summed E-state index contributed by atoms with van der Waals surface area (Å²) in [6.07, 6.45) is -4.43. The maximum atomic E-state index is 12.9. The van der Waals surface area contributed by atoms with E-state index in [0.717, 1.165) is 23.3 Å². The molecular formula is C19H17F3N4O. The number of hydrogen-bond acceptors (Lipinski definition) is 5. The zero-order valence-corrected chi connectivity index (χ0v) is 14.7. The van der Waals surface area contributed by atoms with Crippen LogP contribution in [-0.2, 0) is 6.18 Å². The van der Waals surface area contributed by atoms with E-state index in [2.05, 4.69) is 20.3 Å². The summed E-state index contributed by atoms with van der Waals surface area (Å²) in [7, 11) is 0. The molecule has 1 aromatic heterocycles. The number of aryl methyl sites for hydroxylation is 1. The highest BCUT2D eigenvalue weighted by atomic mass is 19.4. The summed E-state index contributed by atoms with van der Waals surface area (Å²) in [4.78, 5) is 12.7. The van der Waals surface area contributed by atoms with Gasteiger partial charge in [0.05, 0.1) is 12.2 Å². The molecule has 0 unspecified atom stereocenters. The molecule has 8 heteroatoms. The zero-order chi connectivity index (χ0) is 19.4. The van der Waals surface area contributed by atoms with Crippen LogP contribution in [0.4, 0.5) is 24.8 Å². The van der Waals surface area contributed by atoms with Crippen LogP contribution in [0, 0.1) is 6.92 Å². The van der Waals surface area contributed by atoms with Gasteiger partial charge in [-0.15, -0.1) is 0 Å². The van der Waals surface area contributed by atoms with Crippen molar-refractivity contribution in [2.45, 2.75) is 20.0 Å². The van der Waals surface area contributed by atoms with E-state index in [9.17, 15) is 13.2 Å². The normalized spacial score (nSPS) is 11.3. The van der Waals surface area contributed by atoms with E-state index in [0.29, 0.717) is 12.4 Å². The van der Waals surface area contributed by atoms with Crippen molar-refractivity contribution in [3.8, 4) is 17.4 Å². The monoisotopic (exact) mass is 374 g/mol. The topological polar surface area (TPSA) is 59.9 Å². The number of nitrogens with one attached hydrogen (secondary N) is 1. The predicted octanol–water partition coefficient (Wildman–Crippen LogP) is 5.01. The van der Waals surface area contributed by atoms with Crippen molar-refractivity contribution in [1.82, 2.24) is 15.0 Å². The Balaban J connectivity index is 1.98. The molecule has 0 fully saturated rings. The highest BCUT2D eigenvalue weighted by Gasteiger charge is 2.30. The smallest absolute Gasteiger partial charge is 0.416 e. The van der Waals surface area contributed by atoms with Crippen molar-refractivity contribution in [3.05, 3.63) is 59.7 Å². The minimum Gasteiger partial charge on any atom is -0.464 e. The molecule has 3 aromatic rings. The van der Waals surface area contributed by atoms with Crippen LogP contribution in [0.2, 0.25) is 0 Å². The minimum atomic E-state index is -4.43. The number of anilines is 2. The van der Waals surface area contributed by atoms with Gasteiger partial charge in [-0.3, -0.25) is 0 Å². The van der Waals surface area contributed by atoms with Crippen LogP contribution in [0.1, 0.15) is 18.1 Å². The van der Waals surface area contributed by atoms with Crippen LogP contribution >= 0.6 is 0 Å².